The van der Waals surface area contributed by atoms with Gasteiger partial charge in [0.05, 0.1) is 11.3 Å². The summed E-state index contributed by atoms with van der Waals surface area (Å²) in [7, 11) is 0. The van der Waals surface area contributed by atoms with Crippen LogP contribution in [-0.2, 0) is 13.0 Å². The molecule has 0 saturated heterocycles. The second-order valence-corrected chi connectivity index (χ2v) is 4.40. The number of halogens is 1. The van der Waals surface area contributed by atoms with Crippen molar-refractivity contribution in [3.63, 3.8) is 0 Å². The second-order valence-electron chi connectivity index (χ2n) is 4.40. The van der Waals surface area contributed by atoms with E-state index < -0.39 is 5.82 Å². The fourth-order valence-corrected chi connectivity index (χ4v) is 1.88. The molecule has 20 heavy (non-hydrogen) atoms. The quantitative estimate of drug-likeness (QED) is 0.866. The molecular weight excluding hydrogens is 255 g/mol. The van der Waals surface area contributed by atoms with Gasteiger partial charge in [0.1, 0.15) is 24.2 Å². The maximum atomic E-state index is 13.9. The highest BCUT2D eigenvalue weighted by Gasteiger charge is 2.09. The van der Waals surface area contributed by atoms with Crippen LogP contribution in [0.3, 0.4) is 0 Å². The molecule has 0 aliphatic rings. The SMILES string of the molecule is CCc1ccc(OCc2cccc(C#N)c2F)c(N)c1. The molecule has 0 heterocycles. The Bertz CT molecular complexity index is 662. The van der Waals surface area contributed by atoms with E-state index in [-0.39, 0.29) is 12.2 Å². The van der Waals surface area contributed by atoms with Gasteiger partial charge in [-0.05, 0) is 30.2 Å². The van der Waals surface area contributed by atoms with Crippen LogP contribution in [0.2, 0.25) is 0 Å². The highest BCUT2D eigenvalue weighted by molar-refractivity contribution is 5.54. The lowest BCUT2D eigenvalue weighted by atomic mass is 10.1. The number of nitriles is 1. The van der Waals surface area contributed by atoms with E-state index in [1.807, 2.05) is 19.1 Å². The average Bonchev–Trinajstić information content (AvgIpc) is 2.47. The molecule has 2 N–H and O–H groups in total. The third-order valence-corrected chi connectivity index (χ3v) is 3.06. The predicted octanol–water partition coefficient (Wildman–Crippen LogP) is 3.42. The monoisotopic (exact) mass is 270 g/mol. The van der Waals surface area contributed by atoms with Crippen LogP contribution in [0.15, 0.2) is 36.4 Å². The summed E-state index contributed by atoms with van der Waals surface area (Å²) >= 11 is 0. The van der Waals surface area contributed by atoms with E-state index in [2.05, 4.69) is 0 Å². The van der Waals surface area contributed by atoms with Crippen LogP contribution in [0, 0.1) is 17.1 Å². The maximum Gasteiger partial charge on any atom is 0.147 e. The fraction of sp³-hybridized carbons (Fsp3) is 0.188. The molecule has 0 atom stereocenters. The Morgan fingerprint density at radius 1 is 1.30 bits per heavy atom. The number of nitrogen functional groups attached to an aromatic ring is 1. The molecular formula is C16H15FN2O. The number of ether oxygens (including phenoxy) is 1. The number of aryl methyl sites for hydroxylation is 1. The molecule has 2 aromatic rings. The number of nitrogens with zero attached hydrogens (tertiary/aromatic N) is 1. The lowest BCUT2D eigenvalue weighted by Crippen LogP contribution is -2.02. The standard InChI is InChI=1S/C16H15FN2O/c1-2-11-6-7-15(14(19)8-11)20-10-13-5-3-4-12(9-18)16(13)17/h3-8H,2,10,19H2,1H3. The van der Waals surface area contributed by atoms with Crippen molar-refractivity contribution in [1.82, 2.24) is 0 Å². The number of hydrogen-bond acceptors (Lipinski definition) is 3. The Morgan fingerprint density at radius 3 is 2.75 bits per heavy atom. The van der Waals surface area contributed by atoms with Crippen LogP contribution >= 0.6 is 0 Å². The highest BCUT2D eigenvalue weighted by atomic mass is 19.1. The first-order chi connectivity index (χ1) is 9.65. The first-order valence-corrected chi connectivity index (χ1v) is 6.34. The normalized spacial score (nSPS) is 10.1. The molecule has 0 unspecified atom stereocenters. The first kappa shape index (κ1) is 13.9. The summed E-state index contributed by atoms with van der Waals surface area (Å²) in [4.78, 5) is 0. The highest BCUT2D eigenvalue weighted by Crippen LogP contribution is 2.24. The minimum absolute atomic E-state index is 0.0143. The van der Waals surface area contributed by atoms with Crippen molar-refractivity contribution in [2.75, 3.05) is 5.73 Å². The third-order valence-electron chi connectivity index (χ3n) is 3.06. The first-order valence-electron chi connectivity index (χ1n) is 6.34. The van der Waals surface area contributed by atoms with Gasteiger partial charge in [0.25, 0.3) is 0 Å². The summed E-state index contributed by atoms with van der Waals surface area (Å²) in [5.41, 5.74) is 7.88. The molecule has 0 aromatic heterocycles. The Balaban J connectivity index is 2.15. The summed E-state index contributed by atoms with van der Waals surface area (Å²) in [6.45, 7) is 2.08. The molecule has 0 saturated carbocycles. The minimum atomic E-state index is -0.543. The van der Waals surface area contributed by atoms with Crippen LogP contribution < -0.4 is 10.5 Å². The zero-order chi connectivity index (χ0) is 14.5. The summed E-state index contributed by atoms with van der Waals surface area (Å²) in [5, 5.41) is 8.78. The molecule has 0 bridgehead atoms. The van der Waals surface area contributed by atoms with Gasteiger partial charge in [-0.2, -0.15) is 5.26 Å². The van der Waals surface area contributed by atoms with E-state index >= 15 is 0 Å². The summed E-state index contributed by atoms with van der Waals surface area (Å²) in [5.74, 6) is -0.0253. The summed E-state index contributed by atoms with van der Waals surface area (Å²) in [6.07, 6.45) is 0.892. The van der Waals surface area contributed by atoms with Crippen molar-refractivity contribution in [3.8, 4) is 11.8 Å². The number of benzene rings is 2. The van der Waals surface area contributed by atoms with E-state index in [0.29, 0.717) is 17.0 Å². The van der Waals surface area contributed by atoms with Crippen molar-refractivity contribution in [2.24, 2.45) is 0 Å². The third kappa shape index (κ3) is 2.89. The van der Waals surface area contributed by atoms with Gasteiger partial charge < -0.3 is 10.5 Å². The molecule has 0 aliphatic carbocycles. The molecule has 2 rings (SSSR count). The van der Waals surface area contributed by atoms with Crippen molar-refractivity contribution in [3.05, 3.63) is 58.9 Å². The van der Waals surface area contributed by atoms with Crippen molar-refractivity contribution in [1.29, 1.82) is 5.26 Å². The van der Waals surface area contributed by atoms with Crippen LogP contribution in [0.4, 0.5) is 10.1 Å². The van der Waals surface area contributed by atoms with Crippen molar-refractivity contribution in [2.45, 2.75) is 20.0 Å². The topological polar surface area (TPSA) is 59.0 Å². The van der Waals surface area contributed by atoms with E-state index in [1.54, 1.807) is 24.3 Å². The van der Waals surface area contributed by atoms with Gasteiger partial charge in [-0.15, -0.1) is 0 Å². The molecule has 3 nitrogen and oxygen atoms in total. The predicted molar refractivity (Wildman–Crippen MR) is 75.7 cm³/mol. The van der Waals surface area contributed by atoms with Crippen LogP contribution in [0.5, 0.6) is 5.75 Å². The van der Waals surface area contributed by atoms with Gasteiger partial charge in [0, 0.05) is 5.56 Å². The molecule has 0 fully saturated rings. The molecule has 102 valence electrons. The minimum Gasteiger partial charge on any atom is -0.487 e. The Kier molecular flexibility index (Phi) is 4.21. The van der Waals surface area contributed by atoms with E-state index in [1.165, 1.54) is 6.07 Å². The number of rotatable bonds is 4. The lowest BCUT2D eigenvalue weighted by Gasteiger charge is -2.11. The number of nitrogens with two attached hydrogens (primary N) is 1. The van der Waals surface area contributed by atoms with E-state index in [9.17, 15) is 4.39 Å². The van der Waals surface area contributed by atoms with Crippen LogP contribution in [-0.4, -0.2) is 0 Å². The van der Waals surface area contributed by atoms with Crippen molar-refractivity contribution >= 4 is 5.69 Å². The van der Waals surface area contributed by atoms with Gasteiger partial charge in [0.15, 0.2) is 0 Å². The Hall–Kier alpha value is -2.54. The van der Waals surface area contributed by atoms with Gasteiger partial charge in [-0.3, -0.25) is 0 Å². The van der Waals surface area contributed by atoms with E-state index in [4.69, 9.17) is 15.7 Å². The van der Waals surface area contributed by atoms with Crippen LogP contribution in [0.25, 0.3) is 0 Å². The molecule has 0 spiro atoms. The second kappa shape index (κ2) is 6.07. The molecule has 0 aliphatic heterocycles. The van der Waals surface area contributed by atoms with E-state index in [0.717, 1.165) is 12.0 Å². The molecule has 0 radical (unpaired) electrons. The zero-order valence-electron chi connectivity index (χ0n) is 11.2. The molecule has 2 aromatic carbocycles. The Morgan fingerprint density at radius 2 is 2.10 bits per heavy atom. The van der Waals surface area contributed by atoms with Crippen LogP contribution in [0.1, 0.15) is 23.6 Å². The van der Waals surface area contributed by atoms with Gasteiger partial charge in [0.2, 0.25) is 0 Å². The largest absolute Gasteiger partial charge is 0.487 e. The van der Waals surface area contributed by atoms with Gasteiger partial charge >= 0.3 is 0 Å². The molecule has 0 amide bonds. The molecule has 4 heteroatoms. The van der Waals surface area contributed by atoms with Gasteiger partial charge in [-0.25, -0.2) is 4.39 Å². The summed E-state index contributed by atoms with van der Waals surface area (Å²) in [6, 6.07) is 12.0. The zero-order valence-corrected chi connectivity index (χ0v) is 11.2. The Labute approximate surface area is 117 Å². The number of anilines is 1. The summed E-state index contributed by atoms with van der Waals surface area (Å²) < 4.78 is 19.4. The smallest absolute Gasteiger partial charge is 0.147 e. The van der Waals surface area contributed by atoms with Gasteiger partial charge in [-0.1, -0.05) is 25.1 Å². The lowest BCUT2D eigenvalue weighted by molar-refractivity contribution is 0.301. The average molecular weight is 270 g/mol. The maximum absolute atomic E-state index is 13.9. The fourth-order valence-electron chi connectivity index (χ4n) is 1.88. The number of hydrogen-bond donors (Lipinski definition) is 1. The van der Waals surface area contributed by atoms with Crippen molar-refractivity contribution < 1.29 is 9.13 Å².